The van der Waals surface area contributed by atoms with Crippen LogP contribution >= 0.6 is 0 Å². The van der Waals surface area contributed by atoms with Crippen molar-refractivity contribution in [2.24, 2.45) is 5.92 Å². The monoisotopic (exact) mass is 367 g/mol. The van der Waals surface area contributed by atoms with Crippen molar-refractivity contribution in [2.45, 2.75) is 39.5 Å². The third-order valence-electron chi connectivity index (χ3n) is 5.05. The van der Waals surface area contributed by atoms with Crippen LogP contribution in [-0.4, -0.2) is 35.5 Å². The van der Waals surface area contributed by atoms with Crippen molar-refractivity contribution < 1.29 is 4.79 Å². The summed E-state index contributed by atoms with van der Waals surface area (Å²) in [6, 6.07) is 9.91. The number of nitrogens with one attached hydrogen (secondary N) is 2. The van der Waals surface area contributed by atoms with Crippen molar-refractivity contribution in [1.82, 2.24) is 9.97 Å². The Morgan fingerprint density at radius 3 is 2.96 bits per heavy atom. The molecule has 0 aliphatic carbocycles. The predicted molar refractivity (Wildman–Crippen MR) is 110 cm³/mol. The van der Waals surface area contributed by atoms with Gasteiger partial charge >= 0.3 is 0 Å². The average Bonchev–Trinajstić information content (AvgIpc) is 2.69. The first-order valence-corrected chi connectivity index (χ1v) is 9.82. The molecule has 0 bridgehead atoms. The molecule has 27 heavy (non-hydrogen) atoms. The number of aromatic nitrogens is 2. The van der Waals surface area contributed by atoms with Gasteiger partial charge < -0.3 is 15.5 Å². The Hall–Kier alpha value is -2.63. The molecule has 2 N–H and O–H groups in total. The highest BCUT2D eigenvalue weighted by Crippen LogP contribution is 2.25. The van der Waals surface area contributed by atoms with Gasteiger partial charge in [-0.15, -0.1) is 0 Å². The fourth-order valence-corrected chi connectivity index (χ4v) is 3.57. The maximum Gasteiger partial charge on any atom is 0.224 e. The molecular formula is C21H29N5O. The topological polar surface area (TPSA) is 70.2 Å². The zero-order valence-electron chi connectivity index (χ0n) is 16.2. The third-order valence-corrected chi connectivity index (χ3v) is 5.05. The highest BCUT2D eigenvalue weighted by Gasteiger charge is 2.22. The number of piperidine rings is 1. The standard InChI is InChI=1S/C21H29N5O/c1-3-22-19-13-20(24-15-23-19)26-12-6-8-17(14-26)10-11-21(27)25-18-9-5-4-7-16(18)2/h4-5,7,9,13,15,17H,3,6,8,10-12,14H2,1-2H3,(H,25,27)(H,22,23,24)/t17-/m1/s1. The molecule has 2 heterocycles. The second kappa shape index (κ2) is 9.35. The van der Waals surface area contributed by atoms with Crippen LogP contribution < -0.4 is 15.5 Å². The number of benzene rings is 1. The van der Waals surface area contributed by atoms with E-state index in [0.29, 0.717) is 12.3 Å². The van der Waals surface area contributed by atoms with Gasteiger partial charge in [-0.2, -0.15) is 0 Å². The summed E-state index contributed by atoms with van der Waals surface area (Å²) < 4.78 is 0. The minimum absolute atomic E-state index is 0.0953. The zero-order valence-corrected chi connectivity index (χ0v) is 16.2. The first kappa shape index (κ1) is 19.1. The lowest BCUT2D eigenvalue weighted by atomic mass is 9.93. The largest absolute Gasteiger partial charge is 0.370 e. The summed E-state index contributed by atoms with van der Waals surface area (Å²) in [4.78, 5) is 23.3. The van der Waals surface area contributed by atoms with Crippen LogP contribution in [0.2, 0.25) is 0 Å². The maximum absolute atomic E-state index is 12.3. The lowest BCUT2D eigenvalue weighted by Gasteiger charge is -2.33. The molecule has 2 aromatic rings. The lowest BCUT2D eigenvalue weighted by molar-refractivity contribution is -0.116. The van der Waals surface area contributed by atoms with Crippen LogP contribution in [0.1, 0.15) is 38.2 Å². The summed E-state index contributed by atoms with van der Waals surface area (Å²) in [5.74, 6) is 2.44. The minimum Gasteiger partial charge on any atom is -0.370 e. The van der Waals surface area contributed by atoms with E-state index in [2.05, 4.69) is 32.4 Å². The SMILES string of the molecule is CCNc1cc(N2CCC[C@H](CCC(=O)Nc3ccccc3C)C2)ncn1. The molecule has 6 heteroatoms. The van der Waals surface area contributed by atoms with Gasteiger partial charge in [0.2, 0.25) is 5.91 Å². The van der Waals surface area contributed by atoms with Crippen molar-refractivity contribution in [2.75, 3.05) is 35.2 Å². The number of rotatable bonds is 7. The summed E-state index contributed by atoms with van der Waals surface area (Å²) >= 11 is 0. The number of carbonyl (C=O) groups excluding carboxylic acids is 1. The van der Waals surface area contributed by atoms with Gasteiger partial charge in [-0.05, 0) is 50.7 Å². The fraction of sp³-hybridized carbons (Fsp3) is 0.476. The van der Waals surface area contributed by atoms with Crippen molar-refractivity contribution in [3.05, 3.63) is 42.2 Å². The van der Waals surface area contributed by atoms with E-state index in [9.17, 15) is 4.79 Å². The van der Waals surface area contributed by atoms with E-state index in [1.807, 2.05) is 37.3 Å². The summed E-state index contributed by atoms with van der Waals surface area (Å²) in [6.45, 7) is 6.86. The third kappa shape index (κ3) is 5.42. The van der Waals surface area contributed by atoms with E-state index in [4.69, 9.17) is 0 Å². The van der Waals surface area contributed by atoms with Gasteiger partial charge in [-0.3, -0.25) is 4.79 Å². The van der Waals surface area contributed by atoms with Gasteiger partial charge in [0.25, 0.3) is 0 Å². The number of aryl methyl sites for hydroxylation is 1. The smallest absolute Gasteiger partial charge is 0.224 e. The van der Waals surface area contributed by atoms with Crippen LogP contribution in [0.3, 0.4) is 0 Å². The van der Waals surface area contributed by atoms with Crippen molar-refractivity contribution >= 4 is 23.2 Å². The molecule has 6 nitrogen and oxygen atoms in total. The number of nitrogens with zero attached hydrogens (tertiary/aromatic N) is 3. The van der Waals surface area contributed by atoms with Crippen LogP contribution in [0.25, 0.3) is 0 Å². The van der Waals surface area contributed by atoms with Crippen LogP contribution in [0, 0.1) is 12.8 Å². The van der Waals surface area contributed by atoms with Crippen molar-refractivity contribution in [3.63, 3.8) is 0 Å². The number of para-hydroxylation sites is 1. The van der Waals surface area contributed by atoms with Crippen LogP contribution in [0.5, 0.6) is 0 Å². The maximum atomic E-state index is 12.3. The molecule has 1 amide bonds. The molecule has 1 fully saturated rings. The first-order chi connectivity index (χ1) is 13.2. The van der Waals surface area contributed by atoms with E-state index in [1.54, 1.807) is 6.33 Å². The van der Waals surface area contributed by atoms with Gasteiger partial charge in [0, 0.05) is 37.8 Å². The quantitative estimate of drug-likeness (QED) is 0.778. The number of hydrogen-bond donors (Lipinski definition) is 2. The Balaban J connectivity index is 1.52. The second-order valence-electron chi connectivity index (χ2n) is 7.15. The summed E-state index contributed by atoms with van der Waals surface area (Å²) in [5, 5.41) is 6.27. The fourth-order valence-electron chi connectivity index (χ4n) is 3.57. The molecule has 144 valence electrons. The van der Waals surface area contributed by atoms with Gasteiger partial charge in [-0.1, -0.05) is 18.2 Å². The molecule has 1 aromatic heterocycles. The van der Waals surface area contributed by atoms with Crippen molar-refractivity contribution in [1.29, 1.82) is 0 Å². The Morgan fingerprint density at radius 2 is 2.15 bits per heavy atom. The lowest BCUT2D eigenvalue weighted by Crippen LogP contribution is -2.36. The normalized spacial score (nSPS) is 16.8. The molecule has 1 aliphatic heterocycles. The number of amides is 1. The van der Waals surface area contributed by atoms with Gasteiger partial charge in [0.15, 0.2) is 0 Å². The Bertz CT molecular complexity index is 764. The second-order valence-corrected chi connectivity index (χ2v) is 7.15. The van der Waals surface area contributed by atoms with Gasteiger partial charge in [0.1, 0.15) is 18.0 Å². The average molecular weight is 367 g/mol. The molecule has 0 unspecified atom stereocenters. The molecule has 1 aliphatic rings. The Kier molecular flexibility index (Phi) is 6.63. The highest BCUT2D eigenvalue weighted by atomic mass is 16.1. The van der Waals surface area contributed by atoms with Crippen LogP contribution in [-0.2, 0) is 4.79 Å². The van der Waals surface area contributed by atoms with Crippen LogP contribution in [0.15, 0.2) is 36.7 Å². The van der Waals surface area contributed by atoms with E-state index in [1.165, 1.54) is 6.42 Å². The summed E-state index contributed by atoms with van der Waals surface area (Å²) in [6.07, 6.45) is 5.37. The zero-order chi connectivity index (χ0) is 19.1. The Labute approximate surface area is 161 Å². The van der Waals surface area contributed by atoms with E-state index in [0.717, 1.165) is 55.4 Å². The molecule has 1 aromatic carbocycles. The molecular weight excluding hydrogens is 338 g/mol. The minimum atomic E-state index is 0.0953. The van der Waals surface area contributed by atoms with Crippen molar-refractivity contribution in [3.8, 4) is 0 Å². The first-order valence-electron chi connectivity index (χ1n) is 9.82. The molecule has 3 rings (SSSR count). The number of hydrogen-bond acceptors (Lipinski definition) is 5. The Morgan fingerprint density at radius 1 is 1.30 bits per heavy atom. The summed E-state index contributed by atoms with van der Waals surface area (Å²) in [5.41, 5.74) is 2.00. The number of anilines is 3. The summed E-state index contributed by atoms with van der Waals surface area (Å²) in [7, 11) is 0. The van der Waals surface area contributed by atoms with Gasteiger partial charge in [-0.25, -0.2) is 9.97 Å². The molecule has 0 saturated carbocycles. The molecule has 1 saturated heterocycles. The van der Waals surface area contributed by atoms with E-state index >= 15 is 0 Å². The predicted octanol–water partition coefficient (Wildman–Crippen LogP) is 3.85. The van der Waals surface area contributed by atoms with E-state index < -0.39 is 0 Å². The number of carbonyl (C=O) groups is 1. The highest BCUT2D eigenvalue weighted by molar-refractivity contribution is 5.91. The van der Waals surface area contributed by atoms with Crippen LogP contribution in [0.4, 0.5) is 17.3 Å². The molecule has 1 atom stereocenters. The molecule has 0 spiro atoms. The van der Waals surface area contributed by atoms with Gasteiger partial charge in [0.05, 0.1) is 0 Å². The molecule has 0 radical (unpaired) electrons. The van der Waals surface area contributed by atoms with E-state index in [-0.39, 0.29) is 5.91 Å².